The van der Waals surface area contributed by atoms with E-state index in [1.54, 1.807) is 17.0 Å². The maximum atomic E-state index is 13.6. The highest BCUT2D eigenvalue weighted by Crippen LogP contribution is 2.29. The molecule has 32 heavy (non-hydrogen) atoms. The molecule has 0 saturated carbocycles. The lowest BCUT2D eigenvalue weighted by Crippen LogP contribution is -2.47. The quantitative estimate of drug-likeness (QED) is 0.625. The van der Waals surface area contributed by atoms with E-state index in [2.05, 4.69) is 9.97 Å². The predicted molar refractivity (Wildman–Crippen MR) is 121 cm³/mol. The minimum atomic E-state index is -3.32. The number of rotatable bonds is 4. The Morgan fingerprint density at radius 2 is 2.09 bits per heavy atom. The van der Waals surface area contributed by atoms with Crippen LogP contribution >= 0.6 is 0 Å². The number of hydrogen-bond acceptors (Lipinski definition) is 7. The predicted octanol–water partition coefficient (Wildman–Crippen LogP) is 1.22. The van der Waals surface area contributed by atoms with Gasteiger partial charge in [0.25, 0.3) is 5.56 Å². The zero-order chi connectivity index (χ0) is 22.5. The molecule has 0 amide bonds. The lowest BCUT2D eigenvalue weighted by Gasteiger charge is -2.34. The van der Waals surface area contributed by atoms with Crippen molar-refractivity contribution < 1.29 is 13.2 Å². The van der Waals surface area contributed by atoms with Gasteiger partial charge in [0.05, 0.1) is 37.2 Å². The van der Waals surface area contributed by atoms with E-state index in [9.17, 15) is 13.2 Å². The van der Waals surface area contributed by atoms with Gasteiger partial charge < -0.3 is 19.2 Å². The molecular weight excluding hydrogens is 432 g/mol. The number of ether oxygens (including phenoxy) is 1. The van der Waals surface area contributed by atoms with Crippen LogP contribution in [0, 0.1) is 0 Å². The zero-order valence-corrected chi connectivity index (χ0v) is 18.9. The summed E-state index contributed by atoms with van der Waals surface area (Å²) in [6.07, 6.45) is 7.07. The Morgan fingerprint density at radius 3 is 2.84 bits per heavy atom. The monoisotopic (exact) mass is 458 g/mol. The van der Waals surface area contributed by atoms with E-state index in [1.165, 1.54) is 10.6 Å². The molecule has 2 fully saturated rings. The van der Waals surface area contributed by atoms with Gasteiger partial charge in [0.1, 0.15) is 5.65 Å². The molecule has 11 heteroatoms. The van der Waals surface area contributed by atoms with Gasteiger partial charge in [-0.25, -0.2) is 22.7 Å². The molecule has 2 aliphatic heterocycles. The summed E-state index contributed by atoms with van der Waals surface area (Å²) in [5.74, 6) is 0.372. The van der Waals surface area contributed by atoms with Crippen molar-refractivity contribution in [2.45, 2.75) is 25.4 Å². The van der Waals surface area contributed by atoms with Crippen LogP contribution in [0.4, 0.5) is 5.82 Å². The number of pyridine rings is 1. The normalized spacial score (nSPS) is 22.6. The van der Waals surface area contributed by atoms with E-state index in [0.29, 0.717) is 44.2 Å². The second-order valence-corrected chi connectivity index (χ2v) is 10.4. The molecule has 0 aromatic carbocycles. The highest BCUT2D eigenvalue weighted by molar-refractivity contribution is 7.88. The van der Waals surface area contributed by atoms with Gasteiger partial charge in [0, 0.05) is 49.2 Å². The lowest BCUT2D eigenvalue weighted by molar-refractivity contribution is 0.0983. The first kappa shape index (κ1) is 21.1. The molecule has 3 aromatic rings. The minimum absolute atomic E-state index is 0.00784. The molecule has 5 heterocycles. The minimum Gasteiger partial charge on any atom is -0.377 e. The smallest absolute Gasteiger partial charge is 0.293 e. The van der Waals surface area contributed by atoms with Crippen molar-refractivity contribution in [3.05, 3.63) is 41.1 Å². The molecular formula is C21H26N6O4S. The number of hydrogen-bond donors (Lipinski definition) is 1. The molecule has 1 N–H and O–H groups in total. The topological polar surface area (TPSA) is 113 Å². The number of sulfonamides is 1. The van der Waals surface area contributed by atoms with E-state index >= 15 is 0 Å². The van der Waals surface area contributed by atoms with Gasteiger partial charge in [-0.05, 0) is 25.5 Å². The van der Waals surface area contributed by atoms with Crippen molar-refractivity contribution in [1.29, 1.82) is 0 Å². The molecule has 2 atom stereocenters. The summed E-state index contributed by atoms with van der Waals surface area (Å²) in [4.78, 5) is 27.9. The van der Waals surface area contributed by atoms with Crippen molar-refractivity contribution in [1.82, 2.24) is 23.8 Å². The number of morpholine rings is 1. The average Bonchev–Trinajstić information content (AvgIpc) is 3.44. The van der Waals surface area contributed by atoms with Crippen molar-refractivity contribution in [2.24, 2.45) is 0 Å². The van der Waals surface area contributed by atoms with E-state index in [-0.39, 0.29) is 24.2 Å². The molecule has 5 rings (SSSR count). The van der Waals surface area contributed by atoms with Gasteiger partial charge in [-0.3, -0.25) is 4.79 Å². The van der Waals surface area contributed by atoms with Crippen molar-refractivity contribution in [2.75, 3.05) is 44.0 Å². The Balaban J connectivity index is 1.66. The molecule has 3 aromatic heterocycles. The molecule has 2 saturated heterocycles. The third-order valence-electron chi connectivity index (χ3n) is 6.28. The van der Waals surface area contributed by atoms with Crippen LogP contribution in [0.15, 0.2) is 35.5 Å². The summed E-state index contributed by atoms with van der Waals surface area (Å²) in [5.41, 5.74) is 2.06. The molecule has 0 unspecified atom stereocenters. The van der Waals surface area contributed by atoms with Crippen molar-refractivity contribution in [3.63, 3.8) is 0 Å². The van der Waals surface area contributed by atoms with Crippen LogP contribution in [-0.2, 0) is 14.8 Å². The van der Waals surface area contributed by atoms with Crippen LogP contribution in [0.5, 0.6) is 0 Å². The van der Waals surface area contributed by atoms with Crippen LogP contribution < -0.4 is 10.5 Å². The fraction of sp³-hybridized carbons (Fsp3) is 0.476. The van der Waals surface area contributed by atoms with Gasteiger partial charge >= 0.3 is 0 Å². The highest BCUT2D eigenvalue weighted by atomic mass is 32.2. The van der Waals surface area contributed by atoms with Crippen molar-refractivity contribution in [3.8, 4) is 11.3 Å². The standard InChI is InChI=1S/C21H26N6O4S/c1-14-13-31-10-9-26(14)20-21(28)27(15-5-8-25(11-15)32(2,29)30)12-18(24-20)16-3-6-22-19-17(16)4-7-23-19/h3-4,6-7,12,14-15H,5,8-11,13H2,1-2H3,(H,22,23)/t14-,15-/m1/s1. The van der Waals surface area contributed by atoms with E-state index < -0.39 is 10.0 Å². The van der Waals surface area contributed by atoms with Gasteiger partial charge in [-0.2, -0.15) is 0 Å². The molecule has 0 bridgehead atoms. The van der Waals surface area contributed by atoms with Crippen LogP contribution in [0.25, 0.3) is 22.3 Å². The number of nitrogens with zero attached hydrogens (tertiary/aromatic N) is 5. The Bertz CT molecular complexity index is 1320. The summed E-state index contributed by atoms with van der Waals surface area (Å²) >= 11 is 0. The first-order valence-electron chi connectivity index (χ1n) is 10.7. The largest absolute Gasteiger partial charge is 0.377 e. The maximum Gasteiger partial charge on any atom is 0.293 e. The number of anilines is 1. The number of aromatic nitrogens is 4. The molecule has 0 spiro atoms. The van der Waals surface area contributed by atoms with Gasteiger partial charge in [0.2, 0.25) is 10.0 Å². The molecule has 0 aliphatic carbocycles. The average molecular weight is 459 g/mol. The summed E-state index contributed by atoms with van der Waals surface area (Å²) in [5, 5.41) is 0.912. The summed E-state index contributed by atoms with van der Waals surface area (Å²) in [6.45, 7) is 4.30. The summed E-state index contributed by atoms with van der Waals surface area (Å²) in [6, 6.07) is 3.58. The van der Waals surface area contributed by atoms with E-state index in [0.717, 1.165) is 16.6 Å². The SMILES string of the molecule is C[C@@H]1COCCN1c1nc(-c2ccnc3[nH]ccc23)cn([C@@H]2CCN(S(C)(=O)=O)C2)c1=O. The molecule has 170 valence electrons. The highest BCUT2D eigenvalue weighted by Gasteiger charge is 2.32. The van der Waals surface area contributed by atoms with Gasteiger partial charge in [0.15, 0.2) is 5.82 Å². The Morgan fingerprint density at radius 1 is 1.25 bits per heavy atom. The molecule has 2 aliphatic rings. The first-order chi connectivity index (χ1) is 15.3. The van der Waals surface area contributed by atoms with Crippen LogP contribution in [0.1, 0.15) is 19.4 Å². The van der Waals surface area contributed by atoms with Gasteiger partial charge in [-0.1, -0.05) is 0 Å². The third kappa shape index (κ3) is 3.70. The lowest BCUT2D eigenvalue weighted by atomic mass is 10.1. The van der Waals surface area contributed by atoms with Crippen LogP contribution in [0.3, 0.4) is 0 Å². The fourth-order valence-electron chi connectivity index (χ4n) is 4.55. The Hall–Kier alpha value is -2.76. The number of fused-ring (bicyclic) bond motifs is 1. The van der Waals surface area contributed by atoms with E-state index in [1.807, 2.05) is 30.2 Å². The third-order valence-corrected chi connectivity index (χ3v) is 7.55. The molecule has 10 nitrogen and oxygen atoms in total. The number of aromatic amines is 1. The van der Waals surface area contributed by atoms with Crippen LogP contribution in [-0.4, -0.2) is 77.4 Å². The number of H-pyrrole nitrogens is 1. The first-order valence-corrected chi connectivity index (χ1v) is 12.5. The fourth-order valence-corrected chi connectivity index (χ4v) is 5.43. The van der Waals surface area contributed by atoms with Gasteiger partial charge in [-0.15, -0.1) is 0 Å². The Kier molecular flexibility index (Phi) is 5.26. The maximum absolute atomic E-state index is 13.6. The summed E-state index contributed by atoms with van der Waals surface area (Å²) < 4.78 is 32.8. The number of nitrogens with one attached hydrogen (secondary N) is 1. The van der Waals surface area contributed by atoms with E-state index in [4.69, 9.17) is 9.72 Å². The second-order valence-electron chi connectivity index (χ2n) is 8.44. The zero-order valence-electron chi connectivity index (χ0n) is 18.1. The second kappa shape index (κ2) is 7.98. The Labute approximate surface area is 185 Å². The molecule has 0 radical (unpaired) electrons. The van der Waals surface area contributed by atoms with Crippen molar-refractivity contribution >= 4 is 26.9 Å². The van der Waals surface area contributed by atoms with Crippen LogP contribution in [0.2, 0.25) is 0 Å². The summed E-state index contributed by atoms with van der Waals surface area (Å²) in [7, 11) is -3.32.